The molecule has 8 heteroatoms. The normalized spacial score (nSPS) is 11.6. The highest BCUT2D eigenvalue weighted by molar-refractivity contribution is 6.17. The summed E-state index contributed by atoms with van der Waals surface area (Å²) in [5.74, 6) is 0. The van der Waals surface area contributed by atoms with Crippen molar-refractivity contribution < 1.29 is 0 Å². The summed E-state index contributed by atoms with van der Waals surface area (Å²) in [5.41, 5.74) is 53.3. The van der Waals surface area contributed by atoms with E-state index in [4.69, 9.17) is 0 Å². The van der Waals surface area contributed by atoms with Crippen LogP contribution >= 0.6 is 0 Å². The predicted octanol–water partition coefficient (Wildman–Crippen LogP) is 36.3. The first-order valence-electron chi connectivity index (χ1n) is 51.0. The number of rotatable bonds is 17. The second kappa shape index (κ2) is 36.5. The molecule has 0 spiro atoms. The second-order valence-corrected chi connectivity index (χ2v) is 41.8. The van der Waals surface area contributed by atoms with Crippen LogP contribution in [-0.4, -0.2) is 18.3 Å². The van der Waals surface area contributed by atoms with Gasteiger partial charge in [-0.2, -0.15) is 21.0 Å². The minimum atomic E-state index is 0.476. The lowest BCUT2D eigenvalue weighted by atomic mass is 9.94. The van der Waals surface area contributed by atoms with E-state index in [-0.39, 0.29) is 0 Å². The van der Waals surface area contributed by atoms with Crippen LogP contribution in [0.5, 0.6) is 0 Å². The lowest BCUT2D eigenvalue weighted by Crippen LogP contribution is -2.06. The van der Waals surface area contributed by atoms with Gasteiger partial charge in [0.1, 0.15) is 0 Å². The van der Waals surface area contributed by atoms with Gasteiger partial charge in [0.15, 0.2) is 0 Å². The van der Waals surface area contributed by atoms with Crippen molar-refractivity contribution in [2.75, 3.05) is 0 Å². The number of hydrogen-bond acceptors (Lipinski definition) is 4. The predicted molar refractivity (Wildman–Crippen MR) is 617 cm³/mol. The molecule has 706 valence electrons. The first-order chi connectivity index (χ1) is 71.7. The van der Waals surface area contributed by atoms with Gasteiger partial charge < -0.3 is 18.3 Å². The molecular formula is C140H106N8. The molecule has 0 atom stereocenters. The summed E-state index contributed by atoms with van der Waals surface area (Å²) in [5, 5.41) is 53.4. The number of aromatic nitrogens is 4. The van der Waals surface area contributed by atoms with Crippen molar-refractivity contribution in [3.63, 3.8) is 0 Å². The third-order valence-corrected chi connectivity index (χ3v) is 30.1. The molecule has 4 aromatic heterocycles. The van der Waals surface area contributed by atoms with Crippen molar-refractivity contribution in [3.05, 3.63) is 475 Å². The van der Waals surface area contributed by atoms with Gasteiger partial charge in [0, 0.05) is 54.2 Å². The van der Waals surface area contributed by atoms with Crippen LogP contribution in [0.25, 0.3) is 221 Å². The van der Waals surface area contributed by atoms with Crippen molar-refractivity contribution in [3.8, 4) is 158 Å². The molecule has 0 saturated heterocycles. The van der Waals surface area contributed by atoms with E-state index in [9.17, 15) is 21.0 Å². The largest absolute Gasteiger partial charge is 0.307 e. The van der Waals surface area contributed by atoms with Crippen LogP contribution in [0.4, 0.5) is 0 Å². The molecule has 8 nitrogen and oxygen atoms in total. The Morgan fingerprint density at radius 2 is 0.378 bits per heavy atom. The Labute approximate surface area is 863 Å². The van der Waals surface area contributed by atoms with Crippen LogP contribution in [0.15, 0.2) is 364 Å². The molecular weight excluding hydrogens is 1790 g/mol. The van der Waals surface area contributed by atoms with Crippen molar-refractivity contribution >= 4 is 87.2 Å². The lowest BCUT2D eigenvalue weighted by molar-refractivity contribution is 0.957. The lowest BCUT2D eigenvalue weighted by Gasteiger charge is -2.20. The molecule has 148 heavy (non-hydrogen) atoms. The van der Waals surface area contributed by atoms with Gasteiger partial charge in [0.25, 0.3) is 0 Å². The fraction of sp³-hybridized carbons (Fsp3) is 0.114. The first kappa shape index (κ1) is 92.0. The van der Waals surface area contributed by atoms with Crippen molar-refractivity contribution in [2.45, 2.75) is 110 Å². The molecule has 4 heterocycles. The maximum atomic E-state index is 11.9. The van der Waals surface area contributed by atoms with Crippen LogP contribution in [0.2, 0.25) is 0 Å². The molecule has 0 fully saturated rings. The van der Waals surface area contributed by atoms with Gasteiger partial charge in [-0.1, -0.05) is 321 Å². The van der Waals surface area contributed by atoms with E-state index in [0.717, 1.165) is 240 Å². The number of nitriles is 4. The van der Waals surface area contributed by atoms with Gasteiger partial charge in [-0.05, 0) is 342 Å². The molecule has 0 aliphatic rings. The van der Waals surface area contributed by atoms with Crippen molar-refractivity contribution in [2.24, 2.45) is 0 Å². The van der Waals surface area contributed by atoms with Crippen LogP contribution in [-0.2, 0) is 12.8 Å². The highest BCUT2D eigenvalue weighted by Crippen LogP contribution is 2.50. The minimum absolute atomic E-state index is 0.476. The third kappa shape index (κ3) is 16.6. The Balaban J connectivity index is 0.658. The Morgan fingerprint density at radius 3 is 0.622 bits per heavy atom. The highest BCUT2D eigenvalue weighted by atomic mass is 15.1. The summed E-state index contributed by atoms with van der Waals surface area (Å²) in [6.07, 6.45) is 1.55. The van der Waals surface area contributed by atoms with Crippen LogP contribution in [0.3, 0.4) is 0 Å². The van der Waals surface area contributed by atoms with Crippen LogP contribution < -0.4 is 0 Å². The summed E-state index contributed by atoms with van der Waals surface area (Å²) in [6, 6.07) is 145. The second-order valence-electron chi connectivity index (χ2n) is 41.8. The molecule has 0 aliphatic carbocycles. The van der Waals surface area contributed by atoms with Gasteiger partial charge in [0.05, 0.1) is 113 Å². The molecule has 0 aliphatic heterocycles. The topological polar surface area (TPSA) is 115 Å². The summed E-state index contributed by atoms with van der Waals surface area (Å²) >= 11 is 0. The van der Waals surface area contributed by atoms with Gasteiger partial charge in [-0.25, -0.2) is 0 Å². The Kier molecular flexibility index (Phi) is 22.7. The number of benzene rings is 20. The molecule has 0 saturated carbocycles. The van der Waals surface area contributed by atoms with E-state index in [1.807, 2.05) is 48.5 Å². The van der Waals surface area contributed by atoms with Gasteiger partial charge in [-0.15, -0.1) is 0 Å². The quantitative estimate of drug-likeness (QED) is 0.0903. The average Bonchev–Trinajstić information content (AvgIpc) is 1.55. The summed E-state index contributed by atoms with van der Waals surface area (Å²) in [6.45, 7) is 30.5. The molecule has 20 aromatic carbocycles. The zero-order valence-corrected chi connectivity index (χ0v) is 85.6. The van der Waals surface area contributed by atoms with Gasteiger partial charge >= 0.3 is 0 Å². The number of aryl methyl sites for hydroxylation is 16. The van der Waals surface area contributed by atoms with E-state index in [1.165, 1.54) is 83.5 Å². The van der Waals surface area contributed by atoms with E-state index >= 15 is 0 Å². The molecule has 0 bridgehead atoms. The Hall–Kier alpha value is -18.4. The van der Waals surface area contributed by atoms with Gasteiger partial charge in [0.2, 0.25) is 0 Å². The summed E-state index contributed by atoms with van der Waals surface area (Å²) in [7, 11) is 0. The highest BCUT2D eigenvalue weighted by Gasteiger charge is 2.29. The SMILES string of the molecule is Cc1cc(C)cc(-c2ccc3c(c2)c2cc(-c4cc(C)cc(CCc5cc(C)cc(-c6ccc7c8ccc(-c9cc(C)cc(C)c9)cc8n(-c8cc(C#N)c(-c9cccc(C#N)c9)cc8-n8c9cc(-c%10cc(C)cc(C)c%10)ccc9c9ccc(-c%10cc(C)cc(C)c%10)cc98)c7c6)c5)c4)ccc2n3-c2cc(C#N)c(-c3cccc(C#N)c3)cc2-n2c3ccc(-c4cc(C)cc(C)c4)cc3c3cc(-c4cc(C)cc(C)c4)ccc32)c1. The zero-order chi connectivity index (χ0) is 102. The Bertz CT molecular complexity index is 9690. The van der Waals surface area contributed by atoms with E-state index < -0.39 is 0 Å². The molecule has 0 radical (unpaired) electrons. The minimum Gasteiger partial charge on any atom is -0.307 e. The van der Waals surface area contributed by atoms with E-state index in [2.05, 4.69) is 455 Å². The fourth-order valence-electron chi connectivity index (χ4n) is 24.1. The molecule has 24 aromatic rings. The number of nitrogens with zero attached hydrogens (tertiary/aromatic N) is 8. The number of fused-ring (bicyclic) bond motifs is 12. The zero-order valence-electron chi connectivity index (χ0n) is 85.6. The monoisotopic (exact) mass is 1900 g/mol. The molecule has 0 N–H and O–H groups in total. The van der Waals surface area contributed by atoms with Crippen molar-refractivity contribution in [1.82, 2.24) is 18.3 Å². The molecule has 0 amide bonds. The maximum Gasteiger partial charge on any atom is 0.0998 e. The van der Waals surface area contributed by atoms with Gasteiger partial charge in [-0.3, -0.25) is 0 Å². The summed E-state index contributed by atoms with van der Waals surface area (Å²) < 4.78 is 9.71. The molecule has 24 rings (SSSR count). The van der Waals surface area contributed by atoms with Crippen LogP contribution in [0, 0.1) is 142 Å². The van der Waals surface area contributed by atoms with E-state index in [0.29, 0.717) is 22.3 Å². The molecule has 0 unspecified atom stereocenters. The third-order valence-electron chi connectivity index (χ3n) is 30.1. The standard InChI is InChI=1S/C140H106N8/c1-81-39-82(2)48-109(47-81)99-27-35-129-125(65-99)128-68-102(30-38-130(128)145(129)137-73-117(79-143)123(107-19-15-17-97(63-107)77-141)75-139(137)146-131-36-28-100(110-49-83(3)40-84(4)50-110)66-126(131)127-67-101(29-37-132(127)146)111-51-85(5)41-86(6)52-111)115-59-93(13)45-95(61-115)21-22-96-46-94(14)60-116(62-96)106-26-34-120-119-31-23-103(112-53-87(7)42-88(8)54-112)69-133(119)147(134(120)72-106)138-74-118(80-144)124(108-20-16-18-98(64-108)78-142)76-140(138)148-135-70-104(113-55-89(9)43-90(10)56-113)24-32-121(135)122-33-25-105(71-136(122)148)114-57-91(11)44-92(12)58-114/h15-20,23-76H,21-22H2,1-14H3. The Morgan fingerprint density at radius 1 is 0.162 bits per heavy atom. The average molecular weight is 1900 g/mol. The van der Waals surface area contributed by atoms with Crippen LogP contribution in [0.1, 0.15) is 111 Å². The van der Waals surface area contributed by atoms with E-state index in [1.54, 1.807) is 0 Å². The van der Waals surface area contributed by atoms with Crippen molar-refractivity contribution in [1.29, 1.82) is 21.0 Å². The smallest absolute Gasteiger partial charge is 0.0998 e. The maximum absolute atomic E-state index is 11.9. The summed E-state index contributed by atoms with van der Waals surface area (Å²) in [4.78, 5) is 0. The first-order valence-corrected chi connectivity index (χ1v) is 51.0. The number of hydrogen-bond donors (Lipinski definition) is 0. The fourth-order valence-corrected chi connectivity index (χ4v) is 24.1.